The molecule has 0 aliphatic rings. The van der Waals surface area contributed by atoms with Crippen LogP contribution in [0.25, 0.3) is 10.6 Å². The molecule has 4 rings (SSSR count). The molecule has 0 fully saturated rings. The predicted molar refractivity (Wildman–Crippen MR) is 120 cm³/mol. The highest BCUT2D eigenvalue weighted by atomic mass is 35.5. The van der Waals surface area contributed by atoms with Crippen molar-refractivity contribution in [2.45, 2.75) is 13.8 Å². The van der Waals surface area contributed by atoms with Gasteiger partial charge in [0.2, 0.25) is 4.80 Å². The summed E-state index contributed by atoms with van der Waals surface area (Å²) in [6, 6.07) is 15.3. The van der Waals surface area contributed by atoms with Crippen LogP contribution in [0.2, 0.25) is 4.34 Å². The third kappa shape index (κ3) is 4.70. The summed E-state index contributed by atoms with van der Waals surface area (Å²) in [5.41, 5.74) is 1.75. The zero-order valence-electron chi connectivity index (χ0n) is 15.8. The highest BCUT2D eigenvalue weighted by Gasteiger charge is 2.10. The fourth-order valence-corrected chi connectivity index (χ4v) is 4.61. The van der Waals surface area contributed by atoms with E-state index in [4.69, 9.17) is 25.7 Å². The molecule has 0 saturated heterocycles. The number of nitrogens with zero attached hydrogens (tertiary/aromatic N) is 3. The highest BCUT2D eigenvalue weighted by Crippen LogP contribution is 2.31. The van der Waals surface area contributed by atoms with E-state index in [9.17, 15) is 0 Å². The van der Waals surface area contributed by atoms with E-state index in [1.54, 1.807) is 10.9 Å². The fourth-order valence-electron chi connectivity index (χ4n) is 2.64. The zero-order valence-corrected chi connectivity index (χ0v) is 18.2. The Morgan fingerprint density at radius 1 is 1.14 bits per heavy atom. The van der Waals surface area contributed by atoms with Crippen molar-refractivity contribution < 1.29 is 9.15 Å². The SMILES string of the molecule is CCOc1ccc(N=c2scc(-c3ccc(Cl)s3)n2/N=C/c2ccc(C)o2)cc1. The molecule has 0 spiro atoms. The van der Waals surface area contributed by atoms with Gasteiger partial charge in [0.1, 0.15) is 17.3 Å². The van der Waals surface area contributed by atoms with Gasteiger partial charge in [-0.3, -0.25) is 0 Å². The molecule has 0 bridgehead atoms. The first-order chi connectivity index (χ1) is 14.1. The molecule has 0 unspecified atom stereocenters. The molecule has 3 heterocycles. The number of thiophene rings is 1. The lowest BCUT2D eigenvalue weighted by molar-refractivity contribution is 0.340. The van der Waals surface area contributed by atoms with Gasteiger partial charge in [0.05, 0.1) is 33.4 Å². The number of furan rings is 1. The zero-order chi connectivity index (χ0) is 20.2. The van der Waals surface area contributed by atoms with Crippen molar-refractivity contribution in [2.75, 3.05) is 6.61 Å². The normalized spacial score (nSPS) is 12.2. The van der Waals surface area contributed by atoms with Gasteiger partial charge < -0.3 is 9.15 Å². The minimum Gasteiger partial charge on any atom is -0.494 e. The Morgan fingerprint density at radius 3 is 2.62 bits per heavy atom. The third-order valence-electron chi connectivity index (χ3n) is 3.95. The lowest BCUT2D eigenvalue weighted by Crippen LogP contribution is -2.11. The molecule has 8 heteroatoms. The summed E-state index contributed by atoms with van der Waals surface area (Å²) in [5, 5.41) is 6.66. The third-order valence-corrected chi connectivity index (χ3v) is 6.01. The van der Waals surface area contributed by atoms with Crippen LogP contribution in [0.5, 0.6) is 5.75 Å². The molecule has 29 heavy (non-hydrogen) atoms. The average molecular weight is 444 g/mol. The summed E-state index contributed by atoms with van der Waals surface area (Å²) in [4.78, 5) is 6.53. The van der Waals surface area contributed by atoms with Crippen molar-refractivity contribution in [3.05, 3.63) is 74.6 Å². The maximum atomic E-state index is 6.14. The lowest BCUT2D eigenvalue weighted by atomic mass is 10.3. The smallest absolute Gasteiger partial charge is 0.211 e. The Bertz CT molecular complexity index is 1200. The average Bonchev–Trinajstić information content (AvgIpc) is 3.42. The summed E-state index contributed by atoms with van der Waals surface area (Å²) in [7, 11) is 0. The Labute approximate surface area is 181 Å². The number of rotatable bonds is 6. The van der Waals surface area contributed by atoms with Crippen LogP contribution in [-0.2, 0) is 0 Å². The second-order valence-corrected chi connectivity index (χ2v) is 8.60. The first-order valence-electron chi connectivity index (χ1n) is 8.97. The first kappa shape index (κ1) is 19.7. The van der Waals surface area contributed by atoms with Gasteiger partial charge in [-0.05, 0) is 62.4 Å². The number of ether oxygens (including phenoxy) is 1. The number of halogens is 1. The number of aromatic nitrogens is 1. The van der Waals surface area contributed by atoms with Crippen molar-refractivity contribution in [1.82, 2.24) is 4.68 Å². The van der Waals surface area contributed by atoms with Gasteiger partial charge in [-0.15, -0.1) is 22.7 Å². The highest BCUT2D eigenvalue weighted by molar-refractivity contribution is 7.19. The molecule has 0 saturated carbocycles. The molecule has 0 aliphatic carbocycles. The molecule has 5 nitrogen and oxygen atoms in total. The molecule has 0 atom stereocenters. The first-order valence-corrected chi connectivity index (χ1v) is 11.0. The van der Waals surface area contributed by atoms with Crippen LogP contribution in [0.4, 0.5) is 5.69 Å². The maximum Gasteiger partial charge on any atom is 0.211 e. The van der Waals surface area contributed by atoms with Gasteiger partial charge in [-0.25, -0.2) is 9.67 Å². The largest absolute Gasteiger partial charge is 0.494 e. The Hall–Kier alpha value is -2.61. The van der Waals surface area contributed by atoms with Crippen LogP contribution < -0.4 is 9.54 Å². The monoisotopic (exact) mass is 443 g/mol. The maximum absolute atomic E-state index is 6.14. The van der Waals surface area contributed by atoms with Gasteiger partial charge in [0, 0.05) is 5.38 Å². The molecular formula is C21H18ClN3O2S2. The second kappa shape index (κ2) is 8.82. The molecule has 4 aromatic rings. The van der Waals surface area contributed by atoms with Crippen LogP contribution in [0.3, 0.4) is 0 Å². The van der Waals surface area contributed by atoms with E-state index in [-0.39, 0.29) is 0 Å². The van der Waals surface area contributed by atoms with Crippen LogP contribution in [-0.4, -0.2) is 17.5 Å². The van der Waals surface area contributed by atoms with Crippen LogP contribution in [0.15, 0.2) is 68.4 Å². The Kier molecular flexibility index (Phi) is 5.99. The number of thiazole rings is 1. The molecule has 148 valence electrons. The van der Waals surface area contributed by atoms with Crippen molar-refractivity contribution >= 4 is 46.2 Å². The summed E-state index contributed by atoms with van der Waals surface area (Å²) in [6.45, 7) is 4.50. The summed E-state index contributed by atoms with van der Waals surface area (Å²) >= 11 is 9.16. The quantitative estimate of drug-likeness (QED) is 0.326. The van der Waals surface area contributed by atoms with E-state index >= 15 is 0 Å². The molecule has 0 aliphatic heterocycles. The van der Waals surface area contributed by atoms with E-state index in [0.29, 0.717) is 12.4 Å². The van der Waals surface area contributed by atoms with Gasteiger partial charge in [-0.1, -0.05) is 11.6 Å². The lowest BCUT2D eigenvalue weighted by Gasteiger charge is -2.02. The van der Waals surface area contributed by atoms with Gasteiger partial charge in [0.25, 0.3) is 0 Å². The standard InChI is InChI=1S/C21H18ClN3O2S2/c1-3-26-16-8-5-15(6-9-16)24-21-25(23-12-17-7-4-14(2)27-17)18(13-28-21)19-10-11-20(22)29-19/h4-13H,3H2,1-2H3/b23-12+,24-21?. The van der Waals surface area contributed by atoms with Crippen LogP contribution >= 0.6 is 34.3 Å². The van der Waals surface area contributed by atoms with Crippen molar-refractivity contribution in [3.8, 4) is 16.3 Å². The molecular weight excluding hydrogens is 426 g/mol. The number of hydrogen-bond acceptors (Lipinski definition) is 6. The summed E-state index contributed by atoms with van der Waals surface area (Å²) < 4.78 is 13.6. The Morgan fingerprint density at radius 2 is 1.97 bits per heavy atom. The second-order valence-electron chi connectivity index (χ2n) is 6.05. The molecule has 1 aromatic carbocycles. The van der Waals surface area contributed by atoms with Crippen LogP contribution in [0.1, 0.15) is 18.4 Å². The topological polar surface area (TPSA) is 52.0 Å². The molecule has 0 N–H and O–H groups in total. The van der Waals surface area contributed by atoms with Crippen LogP contribution in [0, 0.1) is 6.92 Å². The summed E-state index contributed by atoms with van der Waals surface area (Å²) in [6.07, 6.45) is 1.69. The number of aryl methyl sites for hydroxylation is 1. The minimum absolute atomic E-state index is 0.634. The van der Waals surface area contributed by atoms with E-state index in [0.717, 1.165) is 36.9 Å². The molecule has 3 aromatic heterocycles. The van der Waals surface area contributed by atoms with Gasteiger partial charge in [0.15, 0.2) is 0 Å². The number of hydrogen-bond donors (Lipinski definition) is 0. The number of benzene rings is 1. The summed E-state index contributed by atoms with van der Waals surface area (Å²) in [5.74, 6) is 2.35. The van der Waals surface area contributed by atoms with Crippen molar-refractivity contribution in [2.24, 2.45) is 10.1 Å². The van der Waals surface area contributed by atoms with E-state index < -0.39 is 0 Å². The van der Waals surface area contributed by atoms with Crippen molar-refractivity contribution in [3.63, 3.8) is 0 Å². The van der Waals surface area contributed by atoms with E-state index in [1.165, 1.54) is 22.7 Å². The van der Waals surface area contributed by atoms with Crippen molar-refractivity contribution in [1.29, 1.82) is 0 Å². The predicted octanol–water partition coefficient (Wildman–Crippen LogP) is 6.35. The fraction of sp³-hybridized carbons (Fsp3) is 0.143. The van der Waals surface area contributed by atoms with Gasteiger partial charge in [-0.2, -0.15) is 5.10 Å². The Balaban J connectivity index is 1.76. The molecule has 0 amide bonds. The van der Waals surface area contributed by atoms with Gasteiger partial charge >= 0.3 is 0 Å². The van der Waals surface area contributed by atoms with E-state index in [2.05, 4.69) is 5.10 Å². The van der Waals surface area contributed by atoms with E-state index in [1.807, 2.05) is 67.8 Å². The molecule has 0 radical (unpaired) electrons. The minimum atomic E-state index is 0.634.